The van der Waals surface area contributed by atoms with Crippen molar-refractivity contribution in [2.45, 2.75) is 12.8 Å². The number of rotatable bonds is 6. The fraction of sp³-hybridized carbons (Fsp3) is 0.300. The summed E-state index contributed by atoms with van der Waals surface area (Å²) in [5.41, 5.74) is 1.38. The van der Waals surface area contributed by atoms with Crippen molar-refractivity contribution >= 4 is 22.9 Å². The van der Waals surface area contributed by atoms with Gasteiger partial charge in [-0.1, -0.05) is 0 Å². The molecule has 1 aliphatic heterocycles. The van der Waals surface area contributed by atoms with Crippen LogP contribution in [0.1, 0.15) is 12.1 Å². The smallest absolute Gasteiger partial charge is 0.226 e. The normalized spacial score (nSPS) is 16.5. The SMILES string of the molecule is O=C(Cc1csc(-c2ccco2)n1)NCC1CCN(c2ccc(F)c(F)c2)C1. The topological polar surface area (TPSA) is 58.4 Å². The van der Waals surface area contributed by atoms with E-state index in [0.29, 0.717) is 30.2 Å². The standard InChI is InChI=1S/C20H19F2N3O2S/c21-16-4-3-15(9-17(16)22)25-6-5-13(11-25)10-23-19(26)8-14-12-28-20(24-14)18-2-1-7-27-18/h1-4,7,9,12-13H,5-6,8,10-11H2,(H,23,26). The molecule has 1 unspecified atom stereocenters. The van der Waals surface area contributed by atoms with E-state index in [2.05, 4.69) is 10.3 Å². The summed E-state index contributed by atoms with van der Waals surface area (Å²) >= 11 is 1.44. The highest BCUT2D eigenvalue weighted by Gasteiger charge is 2.24. The van der Waals surface area contributed by atoms with E-state index in [-0.39, 0.29) is 18.2 Å². The zero-order valence-electron chi connectivity index (χ0n) is 15.0. The van der Waals surface area contributed by atoms with Gasteiger partial charge in [0.15, 0.2) is 22.4 Å². The molecule has 0 aliphatic carbocycles. The Morgan fingerprint density at radius 1 is 1.32 bits per heavy atom. The van der Waals surface area contributed by atoms with Crippen LogP contribution < -0.4 is 10.2 Å². The van der Waals surface area contributed by atoms with Gasteiger partial charge in [-0.3, -0.25) is 4.79 Å². The molecule has 0 saturated carbocycles. The number of carbonyl (C=O) groups is 1. The van der Waals surface area contributed by atoms with Gasteiger partial charge in [-0.05, 0) is 36.6 Å². The van der Waals surface area contributed by atoms with E-state index in [4.69, 9.17) is 4.42 Å². The lowest BCUT2D eigenvalue weighted by Crippen LogP contribution is -2.32. The fourth-order valence-corrected chi connectivity index (χ4v) is 4.09. The molecule has 3 heterocycles. The Morgan fingerprint density at radius 2 is 2.21 bits per heavy atom. The van der Waals surface area contributed by atoms with Gasteiger partial charge >= 0.3 is 0 Å². The van der Waals surface area contributed by atoms with Gasteiger partial charge in [0.25, 0.3) is 0 Å². The number of benzene rings is 1. The van der Waals surface area contributed by atoms with Crippen molar-refractivity contribution in [2.75, 3.05) is 24.5 Å². The summed E-state index contributed by atoms with van der Waals surface area (Å²) in [6.45, 7) is 2.00. The number of aromatic nitrogens is 1. The molecular formula is C20H19F2N3O2S. The van der Waals surface area contributed by atoms with Crippen molar-refractivity contribution in [3.63, 3.8) is 0 Å². The number of amides is 1. The molecule has 1 aromatic carbocycles. The Labute approximate surface area is 165 Å². The first-order chi connectivity index (χ1) is 13.6. The highest BCUT2D eigenvalue weighted by molar-refractivity contribution is 7.13. The van der Waals surface area contributed by atoms with Crippen LogP contribution in [0.5, 0.6) is 0 Å². The van der Waals surface area contributed by atoms with Gasteiger partial charge in [-0.2, -0.15) is 0 Å². The second-order valence-corrected chi connectivity index (χ2v) is 7.66. The quantitative estimate of drug-likeness (QED) is 0.679. The van der Waals surface area contributed by atoms with E-state index >= 15 is 0 Å². The number of thiazole rings is 1. The number of hydrogen-bond acceptors (Lipinski definition) is 5. The van der Waals surface area contributed by atoms with Crippen molar-refractivity contribution in [1.82, 2.24) is 10.3 Å². The second-order valence-electron chi connectivity index (χ2n) is 6.80. The highest BCUT2D eigenvalue weighted by atomic mass is 32.1. The Hall–Kier alpha value is -2.74. The summed E-state index contributed by atoms with van der Waals surface area (Å²) in [6.07, 6.45) is 2.70. The van der Waals surface area contributed by atoms with Crippen molar-refractivity contribution in [3.8, 4) is 10.8 Å². The monoisotopic (exact) mass is 403 g/mol. The second kappa shape index (κ2) is 8.10. The third-order valence-electron chi connectivity index (χ3n) is 4.77. The molecule has 0 bridgehead atoms. The molecule has 1 saturated heterocycles. The molecule has 0 spiro atoms. The van der Waals surface area contributed by atoms with Crippen molar-refractivity contribution in [1.29, 1.82) is 0 Å². The molecule has 28 heavy (non-hydrogen) atoms. The summed E-state index contributed by atoms with van der Waals surface area (Å²) in [6, 6.07) is 7.58. The average Bonchev–Trinajstić information content (AvgIpc) is 3.43. The van der Waals surface area contributed by atoms with Crippen LogP contribution in [0.15, 0.2) is 46.4 Å². The minimum absolute atomic E-state index is 0.0810. The molecule has 1 aliphatic rings. The predicted molar refractivity (Wildman–Crippen MR) is 103 cm³/mol. The van der Waals surface area contributed by atoms with Gasteiger partial charge in [-0.15, -0.1) is 11.3 Å². The lowest BCUT2D eigenvalue weighted by Gasteiger charge is -2.19. The van der Waals surface area contributed by atoms with Crippen LogP contribution in [-0.2, 0) is 11.2 Å². The van der Waals surface area contributed by atoms with Crippen LogP contribution >= 0.6 is 11.3 Å². The summed E-state index contributed by atoms with van der Waals surface area (Å²) in [4.78, 5) is 18.7. The lowest BCUT2D eigenvalue weighted by atomic mass is 10.1. The van der Waals surface area contributed by atoms with Crippen molar-refractivity contribution < 1.29 is 18.0 Å². The van der Waals surface area contributed by atoms with Gasteiger partial charge in [0.05, 0.1) is 18.4 Å². The lowest BCUT2D eigenvalue weighted by molar-refractivity contribution is -0.120. The Balaban J connectivity index is 1.26. The molecule has 0 radical (unpaired) electrons. The van der Waals surface area contributed by atoms with E-state index in [0.717, 1.165) is 24.0 Å². The maximum Gasteiger partial charge on any atom is 0.226 e. The zero-order chi connectivity index (χ0) is 19.5. The van der Waals surface area contributed by atoms with Crippen LogP contribution in [-0.4, -0.2) is 30.5 Å². The molecule has 1 amide bonds. The first kappa shape index (κ1) is 18.6. The Kier molecular flexibility index (Phi) is 5.38. The van der Waals surface area contributed by atoms with E-state index in [1.54, 1.807) is 18.4 Å². The molecular weight excluding hydrogens is 384 g/mol. The first-order valence-corrected chi connectivity index (χ1v) is 9.91. The number of carbonyl (C=O) groups excluding carboxylic acids is 1. The van der Waals surface area contributed by atoms with Gasteiger partial charge in [0, 0.05) is 36.8 Å². The van der Waals surface area contributed by atoms with Crippen LogP contribution in [0.2, 0.25) is 0 Å². The number of nitrogens with zero attached hydrogens (tertiary/aromatic N) is 2. The summed E-state index contributed by atoms with van der Waals surface area (Å²) in [5, 5.41) is 5.57. The van der Waals surface area contributed by atoms with Crippen molar-refractivity contribution in [2.24, 2.45) is 5.92 Å². The number of halogens is 2. The van der Waals surface area contributed by atoms with Gasteiger partial charge in [0.1, 0.15) is 0 Å². The van der Waals surface area contributed by atoms with Crippen LogP contribution in [0.4, 0.5) is 14.5 Å². The third-order valence-corrected chi connectivity index (χ3v) is 5.67. The molecule has 4 rings (SSSR count). The van der Waals surface area contributed by atoms with Crippen LogP contribution in [0.3, 0.4) is 0 Å². The van der Waals surface area contributed by atoms with E-state index < -0.39 is 11.6 Å². The number of anilines is 1. The maximum absolute atomic E-state index is 13.4. The zero-order valence-corrected chi connectivity index (χ0v) is 15.8. The third kappa shape index (κ3) is 4.22. The fourth-order valence-electron chi connectivity index (χ4n) is 3.30. The number of nitrogens with one attached hydrogen (secondary N) is 1. The number of hydrogen-bond donors (Lipinski definition) is 1. The largest absolute Gasteiger partial charge is 0.462 e. The molecule has 2 aromatic heterocycles. The molecule has 8 heteroatoms. The molecule has 5 nitrogen and oxygen atoms in total. The van der Waals surface area contributed by atoms with E-state index in [1.165, 1.54) is 17.4 Å². The van der Waals surface area contributed by atoms with Gasteiger partial charge in [-0.25, -0.2) is 13.8 Å². The summed E-state index contributed by atoms with van der Waals surface area (Å²) in [7, 11) is 0. The minimum atomic E-state index is -0.844. The summed E-state index contributed by atoms with van der Waals surface area (Å²) in [5.74, 6) is -0.802. The van der Waals surface area contributed by atoms with Crippen LogP contribution in [0.25, 0.3) is 10.8 Å². The van der Waals surface area contributed by atoms with Gasteiger partial charge < -0.3 is 14.6 Å². The van der Waals surface area contributed by atoms with E-state index in [9.17, 15) is 13.6 Å². The molecule has 1 fully saturated rings. The summed E-state index contributed by atoms with van der Waals surface area (Å²) < 4.78 is 31.8. The van der Waals surface area contributed by atoms with Crippen molar-refractivity contribution in [3.05, 3.63) is 59.3 Å². The van der Waals surface area contributed by atoms with Crippen LogP contribution in [0, 0.1) is 17.6 Å². The molecule has 3 aromatic rings. The predicted octanol–water partition coefficient (Wildman–Crippen LogP) is 3.87. The Bertz CT molecular complexity index is 958. The highest BCUT2D eigenvalue weighted by Crippen LogP contribution is 2.26. The van der Waals surface area contributed by atoms with Gasteiger partial charge in [0.2, 0.25) is 5.91 Å². The maximum atomic E-state index is 13.4. The van der Waals surface area contributed by atoms with E-state index in [1.807, 2.05) is 16.3 Å². The average molecular weight is 403 g/mol. The molecule has 146 valence electrons. The molecule has 1 N–H and O–H groups in total. The number of furan rings is 1. The first-order valence-electron chi connectivity index (χ1n) is 9.03. The Morgan fingerprint density at radius 3 is 3.00 bits per heavy atom. The molecule has 1 atom stereocenters. The minimum Gasteiger partial charge on any atom is -0.462 e.